The number of rotatable bonds is 6. The van der Waals surface area contributed by atoms with Crippen molar-refractivity contribution in [3.05, 3.63) is 12.4 Å². The fourth-order valence-electron chi connectivity index (χ4n) is 2.91. The van der Waals surface area contributed by atoms with E-state index in [2.05, 4.69) is 22.2 Å². The lowest BCUT2D eigenvalue weighted by Gasteiger charge is -2.34. The Hall–Kier alpha value is -1.89. The van der Waals surface area contributed by atoms with Gasteiger partial charge in [-0.25, -0.2) is 0 Å². The van der Waals surface area contributed by atoms with Crippen LogP contribution >= 0.6 is 0 Å². The number of hydrogen-bond acceptors (Lipinski definition) is 4. The maximum atomic E-state index is 12.2. The number of nitrogens with one attached hydrogen (secondary N) is 1. The summed E-state index contributed by atoms with van der Waals surface area (Å²) < 4.78 is 1.54. The second-order valence-electron chi connectivity index (χ2n) is 6.29. The summed E-state index contributed by atoms with van der Waals surface area (Å²) in [7, 11) is 3.41. The zero-order chi connectivity index (χ0) is 16.8. The molecule has 7 heteroatoms. The highest BCUT2D eigenvalue weighted by atomic mass is 16.2. The lowest BCUT2D eigenvalue weighted by Crippen LogP contribution is -2.43. The van der Waals surface area contributed by atoms with Crippen molar-refractivity contribution in [1.29, 1.82) is 0 Å². The van der Waals surface area contributed by atoms with Crippen LogP contribution in [0.3, 0.4) is 0 Å². The number of likely N-dealkylation sites (N-methyl/N-ethyl adjacent to an activating group) is 1. The molecule has 0 spiro atoms. The molecule has 0 aromatic carbocycles. The number of carbonyl (C=O) groups excluding carboxylic acids is 2. The van der Waals surface area contributed by atoms with Crippen LogP contribution in [0.1, 0.15) is 32.6 Å². The molecule has 0 bridgehead atoms. The van der Waals surface area contributed by atoms with Gasteiger partial charge in [-0.1, -0.05) is 13.3 Å². The van der Waals surface area contributed by atoms with Crippen molar-refractivity contribution in [2.75, 3.05) is 32.5 Å². The third-order valence-corrected chi connectivity index (χ3v) is 4.28. The smallest absolute Gasteiger partial charge is 0.243 e. The Morgan fingerprint density at radius 1 is 1.35 bits per heavy atom. The zero-order valence-electron chi connectivity index (χ0n) is 14.3. The van der Waals surface area contributed by atoms with Crippen LogP contribution in [0.25, 0.3) is 0 Å². The normalized spacial score (nSPS) is 18.7. The van der Waals surface area contributed by atoms with E-state index in [0.717, 1.165) is 19.4 Å². The van der Waals surface area contributed by atoms with E-state index in [4.69, 9.17) is 0 Å². The van der Waals surface area contributed by atoms with Crippen LogP contribution < -0.4 is 5.32 Å². The summed E-state index contributed by atoms with van der Waals surface area (Å²) >= 11 is 0. The molecule has 1 N–H and O–H groups in total. The van der Waals surface area contributed by atoms with Crippen molar-refractivity contribution < 1.29 is 9.59 Å². The number of aromatic nitrogens is 2. The topological polar surface area (TPSA) is 70.5 Å². The molecule has 2 heterocycles. The van der Waals surface area contributed by atoms with Gasteiger partial charge in [-0.2, -0.15) is 5.10 Å². The molecule has 2 amide bonds. The number of carbonyl (C=O) groups is 2. The van der Waals surface area contributed by atoms with E-state index in [0.29, 0.717) is 18.3 Å². The summed E-state index contributed by atoms with van der Waals surface area (Å²) in [6.07, 6.45) is 7.94. The van der Waals surface area contributed by atoms with E-state index in [9.17, 15) is 9.59 Å². The Morgan fingerprint density at radius 3 is 2.83 bits per heavy atom. The molecule has 2 rings (SSSR count). The third kappa shape index (κ3) is 5.06. The summed E-state index contributed by atoms with van der Waals surface area (Å²) in [5.41, 5.74) is 0.631. The molecular formula is C16H27N5O2. The number of piperidine rings is 1. The molecule has 0 unspecified atom stereocenters. The molecule has 1 saturated heterocycles. The number of anilines is 1. The summed E-state index contributed by atoms with van der Waals surface area (Å²) in [6, 6.07) is 0.509. The maximum Gasteiger partial charge on any atom is 0.243 e. The van der Waals surface area contributed by atoms with Crippen molar-refractivity contribution in [3.63, 3.8) is 0 Å². The molecule has 1 fully saturated rings. The summed E-state index contributed by atoms with van der Waals surface area (Å²) in [4.78, 5) is 27.6. The van der Waals surface area contributed by atoms with Gasteiger partial charge in [0.15, 0.2) is 0 Å². The van der Waals surface area contributed by atoms with Crippen molar-refractivity contribution >= 4 is 17.5 Å². The highest BCUT2D eigenvalue weighted by Gasteiger charge is 2.22. The van der Waals surface area contributed by atoms with Crippen LogP contribution in [-0.4, -0.2) is 64.6 Å². The standard InChI is InChI=1S/C16H27N5O2/c1-4-14-7-5-6-8-20(14)11-15(22)18-13-9-17-21(10-13)12-16(23)19(2)3/h9-10,14H,4-8,11-12H2,1-3H3,(H,18,22)/t14-/m0/s1. The molecule has 0 aliphatic carbocycles. The lowest BCUT2D eigenvalue weighted by molar-refractivity contribution is -0.129. The van der Waals surface area contributed by atoms with Gasteiger partial charge in [-0.15, -0.1) is 0 Å². The molecule has 0 saturated carbocycles. The number of hydrogen-bond donors (Lipinski definition) is 1. The van der Waals surface area contributed by atoms with Gasteiger partial charge in [-0.05, 0) is 25.8 Å². The minimum atomic E-state index is -0.0370. The molecule has 0 radical (unpaired) electrons. The first-order valence-corrected chi connectivity index (χ1v) is 8.26. The van der Waals surface area contributed by atoms with Gasteiger partial charge in [0.05, 0.1) is 18.4 Å². The van der Waals surface area contributed by atoms with E-state index in [1.807, 2.05) is 0 Å². The molecule has 7 nitrogen and oxygen atoms in total. The average molecular weight is 321 g/mol. The second kappa shape index (κ2) is 8.10. The van der Waals surface area contributed by atoms with Gasteiger partial charge >= 0.3 is 0 Å². The average Bonchev–Trinajstić information content (AvgIpc) is 2.94. The van der Waals surface area contributed by atoms with Crippen LogP contribution in [0.2, 0.25) is 0 Å². The van der Waals surface area contributed by atoms with E-state index in [1.165, 1.54) is 22.4 Å². The predicted molar refractivity (Wildman–Crippen MR) is 89.1 cm³/mol. The summed E-state index contributed by atoms with van der Waals surface area (Å²) in [5.74, 6) is -0.0612. The van der Waals surface area contributed by atoms with Crippen molar-refractivity contribution in [2.24, 2.45) is 0 Å². The first kappa shape index (κ1) is 17.5. The fourth-order valence-corrected chi connectivity index (χ4v) is 2.91. The Kier molecular flexibility index (Phi) is 6.15. The van der Waals surface area contributed by atoms with Gasteiger partial charge in [0.25, 0.3) is 0 Å². The Balaban J connectivity index is 1.85. The second-order valence-corrected chi connectivity index (χ2v) is 6.29. The molecule has 1 aromatic heterocycles. The van der Waals surface area contributed by atoms with E-state index in [1.54, 1.807) is 26.5 Å². The van der Waals surface area contributed by atoms with Crippen molar-refractivity contribution in [2.45, 2.75) is 45.2 Å². The zero-order valence-corrected chi connectivity index (χ0v) is 14.3. The maximum absolute atomic E-state index is 12.2. The van der Waals surface area contributed by atoms with Crippen LogP contribution in [0.4, 0.5) is 5.69 Å². The van der Waals surface area contributed by atoms with Crippen LogP contribution in [-0.2, 0) is 16.1 Å². The summed E-state index contributed by atoms with van der Waals surface area (Å²) in [6.45, 7) is 3.75. The largest absolute Gasteiger partial charge is 0.347 e. The van der Waals surface area contributed by atoms with Crippen LogP contribution in [0, 0.1) is 0 Å². The van der Waals surface area contributed by atoms with Crippen LogP contribution in [0.5, 0.6) is 0 Å². The van der Waals surface area contributed by atoms with Crippen LogP contribution in [0.15, 0.2) is 12.4 Å². The van der Waals surface area contributed by atoms with Gasteiger partial charge in [0.2, 0.25) is 11.8 Å². The first-order valence-electron chi connectivity index (χ1n) is 8.26. The number of nitrogens with zero attached hydrogens (tertiary/aromatic N) is 4. The molecule has 1 aliphatic heterocycles. The fraction of sp³-hybridized carbons (Fsp3) is 0.688. The first-order chi connectivity index (χ1) is 11.0. The molecule has 1 atom stereocenters. The van der Waals surface area contributed by atoms with Crippen molar-refractivity contribution in [1.82, 2.24) is 19.6 Å². The highest BCUT2D eigenvalue weighted by molar-refractivity contribution is 5.92. The Bertz CT molecular complexity index is 540. The van der Waals surface area contributed by atoms with Gasteiger partial charge in [0, 0.05) is 26.3 Å². The molecular weight excluding hydrogens is 294 g/mol. The van der Waals surface area contributed by atoms with Crippen molar-refractivity contribution in [3.8, 4) is 0 Å². The lowest BCUT2D eigenvalue weighted by atomic mass is 10.0. The molecule has 128 valence electrons. The van der Waals surface area contributed by atoms with E-state index < -0.39 is 0 Å². The quantitative estimate of drug-likeness (QED) is 0.854. The summed E-state index contributed by atoms with van der Waals surface area (Å²) in [5, 5.41) is 6.98. The van der Waals surface area contributed by atoms with Gasteiger partial charge in [-0.3, -0.25) is 19.2 Å². The van der Waals surface area contributed by atoms with Gasteiger partial charge in [0.1, 0.15) is 6.54 Å². The predicted octanol–water partition coefficient (Wildman–Crippen LogP) is 1.17. The molecule has 23 heavy (non-hydrogen) atoms. The highest BCUT2D eigenvalue weighted by Crippen LogP contribution is 2.19. The van der Waals surface area contributed by atoms with Gasteiger partial charge < -0.3 is 10.2 Å². The monoisotopic (exact) mass is 321 g/mol. The molecule has 1 aliphatic rings. The minimum absolute atomic E-state index is 0.0242. The molecule has 1 aromatic rings. The number of likely N-dealkylation sites (tertiary alicyclic amines) is 1. The Morgan fingerprint density at radius 2 is 2.13 bits per heavy atom. The SMILES string of the molecule is CC[C@H]1CCCCN1CC(=O)Nc1cnn(CC(=O)N(C)C)c1. The van der Waals surface area contributed by atoms with E-state index in [-0.39, 0.29) is 18.4 Å². The number of amides is 2. The Labute approximate surface area is 137 Å². The third-order valence-electron chi connectivity index (χ3n) is 4.28. The van der Waals surface area contributed by atoms with E-state index >= 15 is 0 Å². The minimum Gasteiger partial charge on any atom is -0.347 e.